The monoisotopic (exact) mass is 103 g/mol. The minimum absolute atomic E-state index is 0.696. The minimum Gasteiger partial charge on any atom is -0.318 e. The Morgan fingerprint density at radius 2 is 2.67 bits per heavy atom. The first-order valence-corrected chi connectivity index (χ1v) is 2.02. The number of hydrogen-bond donors (Lipinski definition) is 2. The van der Waals surface area contributed by atoms with E-state index < -0.39 is 0 Å². The van der Waals surface area contributed by atoms with Crippen molar-refractivity contribution in [1.82, 2.24) is 10.9 Å². The van der Waals surface area contributed by atoms with Gasteiger partial charge < -0.3 is 5.43 Å². The van der Waals surface area contributed by atoms with E-state index in [9.17, 15) is 0 Å². The van der Waals surface area contributed by atoms with Gasteiger partial charge in [0.1, 0.15) is 0 Å². The molecule has 3 heteroatoms. The van der Waals surface area contributed by atoms with Crippen molar-refractivity contribution in [3.05, 3.63) is 11.2 Å². The Balaban J connectivity index is 2.45. The quantitative estimate of drug-likeness (QED) is 0.450. The minimum atomic E-state index is 0.696. The molecule has 1 aliphatic heterocycles. The molecule has 0 spiro atoms. The van der Waals surface area contributed by atoms with Gasteiger partial charge in [-0.25, -0.2) is 5.43 Å². The van der Waals surface area contributed by atoms with Gasteiger partial charge in [-0.1, -0.05) is 11.6 Å². The summed E-state index contributed by atoms with van der Waals surface area (Å²) >= 11 is 5.39. The van der Waals surface area contributed by atoms with E-state index in [1.165, 1.54) is 0 Å². The molecule has 0 saturated heterocycles. The van der Waals surface area contributed by atoms with Crippen LogP contribution >= 0.6 is 11.6 Å². The van der Waals surface area contributed by atoms with Crippen molar-refractivity contribution in [3.8, 4) is 0 Å². The Labute approximate surface area is 41.1 Å². The molecule has 1 radical (unpaired) electrons. The largest absolute Gasteiger partial charge is 0.318 e. The lowest BCUT2D eigenvalue weighted by molar-refractivity contribution is 0.715. The van der Waals surface area contributed by atoms with Gasteiger partial charge in [-0.05, 0) is 0 Å². The Bertz CT molecular complexity index is 78.9. The van der Waals surface area contributed by atoms with E-state index in [2.05, 4.69) is 17.1 Å². The molecule has 0 aromatic heterocycles. The molecule has 6 heavy (non-hydrogen) atoms. The molecule has 0 bridgehead atoms. The number of nitrogens with one attached hydrogen (secondary N) is 2. The standard InChI is InChI=1S/C3H4ClN2/c4-3-1-5-6-2-3/h5-6H,1H2. The first kappa shape index (κ1) is 3.96. The van der Waals surface area contributed by atoms with Gasteiger partial charge in [0.25, 0.3) is 0 Å². The zero-order valence-corrected chi connectivity index (χ0v) is 3.84. The maximum absolute atomic E-state index is 5.39. The average molecular weight is 104 g/mol. The van der Waals surface area contributed by atoms with E-state index in [-0.39, 0.29) is 0 Å². The van der Waals surface area contributed by atoms with Crippen molar-refractivity contribution in [2.24, 2.45) is 0 Å². The molecule has 0 fully saturated rings. The zero-order chi connectivity index (χ0) is 4.41. The van der Waals surface area contributed by atoms with Gasteiger partial charge in [-0.15, -0.1) is 0 Å². The van der Waals surface area contributed by atoms with Gasteiger partial charge in [0, 0.05) is 0 Å². The average Bonchev–Trinajstić information content (AvgIpc) is 1.86. The molecular weight excluding hydrogens is 99.5 g/mol. The third-order valence-electron chi connectivity index (χ3n) is 0.530. The summed E-state index contributed by atoms with van der Waals surface area (Å²) in [5.74, 6) is 0. The maximum atomic E-state index is 5.39. The second-order valence-corrected chi connectivity index (χ2v) is 1.46. The van der Waals surface area contributed by atoms with Crippen LogP contribution in [0.5, 0.6) is 0 Å². The van der Waals surface area contributed by atoms with E-state index >= 15 is 0 Å². The Kier molecular flexibility index (Phi) is 0.986. The van der Waals surface area contributed by atoms with Crippen LogP contribution in [-0.2, 0) is 0 Å². The van der Waals surface area contributed by atoms with Crippen molar-refractivity contribution in [3.63, 3.8) is 0 Å². The fourth-order valence-electron chi connectivity index (χ4n) is 0.278. The number of rotatable bonds is 0. The summed E-state index contributed by atoms with van der Waals surface area (Å²) in [5, 5.41) is 0.704. The smallest absolute Gasteiger partial charge is 0.0907 e. The fourth-order valence-corrected chi connectivity index (χ4v) is 0.392. The second kappa shape index (κ2) is 1.49. The molecule has 33 valence electrons. The summed E-state index contributed by atoms with van der Waals surface area (Å²) in [7, 11) is 0. The van der Waals surface area contributed by atoms with Gasteiger partial charge in [0.05, 0.1) is 17.8 Å². The van der Waals surface area contributed by atoms with Crippen molar-refractivity contribution in [1.29, 1.82) is 0 Å². The lowest BCUT2D eigenvalue weighted by Crippen LogP contribution is -2.20. The summed E-state index contributed by atoms with van der Waals surface area (Å²) < 4.78 is 0. The van der Waals surface area contributed by atoms with E-state index in [1.807, 2.05) is 0 Å². The summed E-state index contributed by atoms with van der Waals surface area (Å²) in [6.07, 6.45) is 2.64. The molecule has 2 N–H and O–H groups in total. The van der Waals surface area contributed by atoms with Crippen molar-refractivity contribution in [2.75, 3.05) is 6.54 Å². The van der Waals surface area contributed by atoms with E-state index in [0.29, 0.717) is 11.6 Å². The van der Waals surface area contributed by atoms with Gasteiger partial charge in [-0.3, -0.25) is 0 Å². The molecule has 0 aromatic rings. The molecule has 0 amide bonds. The fraction of sp³-hybridized carbons (Fsp3) is 0.333. The SMILES string of the molecule is ClC1=[C]NNC1. The van der Waals surface area contributed by atoms with E-state index in [0.717, 1.165) is 0 Å². The molecule has 0 atom stereocenters. The van der Waals surface area contributed by atoms with Crippen LogP contribution in [0.4, 0.5) is 0 Å². The highest BCUT2D eigenvalue weighted by molar-refractivity contribution is 6.29. The van der Waals surface area contributed by atoms with E-state index in [4.69, 9.17) is 11.6 Å². The molecular formula is C3H4ClN2. The van der Waals surface area contributed by atoms with Gasteiger partial charge in [0.2, 0.25) is 0 Å². The number of halogens is 1. The number of hydrazine groups is 1. The summed E-state index contributed by atoms with van der Waals surface area (Å²) in [6, 6.07) is 0. The lowest BCUT2D eigenvalue weighted by atomic mass is 10.6. The highest BCUT2D eigenvalue weighted by Crippen LogP contribution is 1.97. The molecule has 1 rings (SSSR count). The Hall–Kier alpha value is -0.210. The number of hydrogen-bond acceptors (Lipinski definition) is 2. The summed E-state index contributed by atoms with van der Waals surface area (Å²) in [4.78, 5) is 0. The van der Waals surface area contributed by atoms with Crippen molar-refractivity contribution in [2.45, 2.75) is 0 Å². The predicted molar refractivity (Wildman–Crippen MR) is 23.7 cm³/mol. The van der Waals surface area contributed by atoms with Crippen LogP contribution in [0.3, 0.4) is 0 Å². The molecule has 1 aliphatic rings. The van der Waals surface area contributed by atoms with Crippen LogP contribution in [-0.4, -0.2) is 6.54 Å². The van der Waals surface area contributed by atoms with Crippen LogP contribution in [0, 0.1) is 6.20 Å². The normalized spacial score (nSPS) is 19.8. The summed E-state index contributed by atoms with van der Waals surface area (Å²) in [6.45, 7) is 0.696. The molecule has 0 unspecified atom stereocenters. The van der Waals surface area contributed by atoms with Gasteiger partial charge in [0.15, 0.2) is 0 Å². The van der Waals surface area contributed by atoms with Crippen LogP contribution in [0.15, 0.2) is 5.03 Å². The Morgan fingerprint density at radius 1 is 1.83 bits per heavy atom. The van der Waals surface area contributed by atoms with Crippen LogP contribution < -0.4 is 10.9 Å². The predicted octanol–water partition coefficient (Wildman–Crippen LogP) is -0.0224. The van der Waals surface area contributed by atoms with Crippen molar-refractivity contribution < 1.29 is 0 Å². The highest BCUT2D eigenvalue weighted by atomic mass is 35.5. The topological polar surface area (TPSA) is 24.1 Å². The molecule has 1 heterocycles. The van der Waals surface area contributed by atoms with Gasteiger partial charge >= 0.3 is 0 Å². The van der Waals surface area contributed by atoms with Crippen molar-refractivity contribution >= 4 is 11.6 Å². The summed E-state index contributed by atoms with van der Waals surface area (Å²) in [5.41, 5.74) is 5.34. The first-order valence-electron chi connectivity index (χ1n) is 1.65. The van der Waals surface area contributed by atoms with Crippen LogP contribution in [0.2, 0.25) is 0 Å². The van der Waals surface area contributed by atoms with Crippen LogP contribution in [0.1, 0.15) is 0 Å². The third kappa shape index (κ3) is 0.640. The molecule has 0 aromatic carbocycles. The molecule has 2 nitrogen and oxygen atoms in total. The Morgan fingerprint density at radius 3 is 2.83 bits per heavy atom. The molecule has 0 aliphatic carbocycles. The lowest BCUT2D eigenvalue weighted by Gasteiger charge is -1.83. The van der Waals surface area contributed by atoms with Gasteiger partial charge in [-0.2, -0.15) is 0 Å². The third-order valence-corrected chi connectivity index (χ3v) is 0.758. The second-order valence-electron chi connectivity index (χ2n) is 1.01. The maximum Gasteiger partial charge on any atom is 0.0907 e. The highest BCUT2D eigenvalue weighted by Gasteiger charge is 1.95. The zero-order valence-electron chi connectivity index (χ0n) is 3.09. The van der Waals surface area contributed by atoms with E-state index in [1.54, 1.807) is 0 Å². The van der Waals surface area contributed by atoms with Crippen LogP contribution in [0.25, 0.3) is 0 Å². The first-order chi connectivity index (χ1) is 2.89. The molecule has 0 saturated carbocycles.